The summed E-state index contributed by atoms with van der Waals surface area (Å²) >= 11 is 0. The van der Waals surface area contributed by atoms with Crippen LogP contribution in [0.5, 0.6) is 5.75 Å². The predicted molar refractivity (Wildman–Crippen MR) is 131 cm³/mol. The van der Waals surface area contributed by atoms with Crippen LogP contribution in [-0.4, -0.2) is 5.97 Å². The van der Waals surface area contributed by atoms with Crippen molar-refractivity contribution in [2.75, 3.05) is 0 Å². The molecule has 2 heteroatoms. The number of esters is 1. The standard InChI is InChI=1S/C29H38O2/c1-3-5-6-7-8-10-24-13-21-28(22-14-24)31-29(30)27-19-17-26(18-20-27)25-15-11-23(9-4-2)12-16-25/h8,10,13-14,17-23,25H,3-7,9,11-12,15-16H2,1-2H3/b10-8+. The van der Waals surface area contributed by atoms with Gasteiger partial charge in [0.1, 0.15) is 5.75 Å². The molecule has 0 aliphatic heterocycles. The molecule has 0 radical (unpaired) electrons. The van der Waals surface area contributed by atoms with Gasteiger partial charge in [-0.1, -0.05) is 75.9 Å². The highest BCUT2D eigenvalue weighted by atomic mass is 16.5. The van der Waals surface area contributed by atoms with Crippen molar-refractivity contribution in [2.24, 2.45) is 5.92 Å². The molecule has 0 N–H and O–H groups in total. The quantitative estimate of drug-likeness (QED) is 0.219. The molecule has 3 rings (SSSR count). The summed E-state index contributed by atoms with van der Waals surface area (Å²) in [7, 11) is 0. The van der Waals surface area contributed by atoms with E-state index in [0.29, 0.717) is 17.2 Å². The van der Waals surface area contributed by atoms with E-state index in [1.54, 1.807) is 0 Å². The van der Waals surface area contributed by atoms with Crippen molar-refractivity contribution >= 4 is 12.0 Å². The SMILES string of the molecule is CCCCC/C=C/c1ccc(OC(=O)c2ccc(C3CCC(CCC)CC3)cc2)cc1. The number of unbranched alkanes of at least 4 members (excludes halogenated alkanes) is 3. The topological polar surface area (TPSA) is 26.3 Å². The number of carbonyl (C=O) groups excluding carboxylic acids is 1. The van der Waals surface area contributed by atoms with Gasteiger partial charge in [0.2, 0.25) is 0 Å². The number of ether oxygens (including phenoxy) is 1. The van der Waals surface area contributed by atoms with Crippen LogP contribution in [0.25, 0.3) is 6.08 Å². The van der Waals surface area contributed by atoms with Crippen molar-refractivity contribution in [1.82, 2.24) is 0 Å². The van der Waals surface area contributed by atoms with Crippen molar-refractivity contribution in [2.45, 2.75) is 84.0 Å². The number of carbonyl (C=O) groups is 1. The van der Waals surface area contributed by atoms with Gasteiger partial charge in [-0.05, 0) is 85.8 Å². The van der Waals surface area contributed by atoms with E-state index in [1.165, 1.54) is 63.4 Å². The van der Waals surface area contributed by atoms with E-state index in [1.807, 2.05) is 36.4 Å². The van der Waals surface area contributed by atoms with Crippen molar-refractivity contribution in [3.8, 4) is 5.75 Å². The lowest BCUT2D eigenvalue weighted by Gasteiger charge is -2.28. The Hall–Kier alpha value is -2.35. The fourth-order valence-electron chi connectivity index (χ4n) is 4.63. The first kappa shape index (κ1) is 23.3. The maximum Gasteiger partial charge on any atom is 0.343 e. The lowest BCUT2D eigenvalue weighted by atomic mass is 9.77. The molecule has 0 aromatic heterocycles. The summed E-state index contributed by atoms with van der Waals surface area (Å²) in [6.45, 7) is 4.50. The molecule has 0 atom stereocenters. The third-order valence-corrected chi connectivity index (χ3v) is 6.54. The number of allylic oxidation sites excluding steroid dienone is 1. The molecule has 1 saturated carbocycles. The third kappa shape index (κ3) is 7.38. The molecule has 1 aliphatic rings. The Morgan fingerprint density at radius 1 is 0.903 bits per heavy atom. The van der Waals surface area contributed by atoms with Crippen LogP contribution in [0, 0.1) is 5.92 Å². The van der Waals surface area contributed by atoms with Crippen molar-refractivity contribution in [3.05, 3.63) is 71.3 Å². The molecule has 0 heterocycles. The average molecular weight is 419 g/mol. The lowest BCUT2D eigenvalue weighted by Crippen LogP contribution is -2.13. The van der Waals surface area contributed by atoms with Crippen molar-refractivity contribution < 1.29 is 9.53 Å². The van der Waals surface area contributed by atoms with Crippen molar-refractivity contribution in [1.29, 1.82) is 0 Å². The summed E-state index contributed by atoms with van der Waals surface area (Å²) < 4.78 is 5.58. The maximum atomic E-state index is 12.5. The molecule has 0 bridgehead atoms. The van der Waals surface area contributed by atoms with Gasteiger partial charge >= 0.3 is 5.97 Å². The second-order valence-corrected chi connectivity index (χ2v) is 8.99. The summed E-state index contributed by atoms with van der Waals surface area (Å²) in [5.74, 6) is 1.85. The van der Waals surface area contributed by atoms with E-state index < -0.39 is 0 Å². The molecule has 2 aromatic carbocycles. The summed E-state index contributed by atoms with van der Waals surface area (Å²) in [5, 5.41) is 0. The molecule has 1 aliphatic carbocycles. The first-order valence-corrected chi connectivity index (χ1v) is 12.3. The second-order valence-electron chi connectivity index (χ2n) is 8.99. The van der Waals surface area contributed by atoms with Crippen LogP contribution in [0.15, 0.2) is 54.6 Å². The Bertz CT molecular complexity index is 809. The van der Waals surface area contributed by atoms with Gasteiger partial charge in [0.05, 0.1) is 5.56 Å². The van der Waals surface area contributed by atoms with Gasteiger partial charge in [-0.25, -0.2) is 4.79 Å². The van der Waals surface area contributed by atoms with Crippen LogP contribution < -0.4 is 4.74 Å². The van der Waals surface area contributed by atoms with Gasteiger partial charge in [0.15, 0.2) is 0 Å². The zero-order chi connectivity index (χ0) is 21.9. The third-order valence-electron chi connectivity index (χ3n) is 6.54. The average Bonchev–Trinajstić information content (AvgIpc) is 2.81. The summed E-state index contributed by atoms with van der Waals surface area (Å²) in [6, 6.07) is 15.8. The molecule has 2 aromatic rings. The van der Waals surface area contributed by atoms with E-state index in [9.17, 15) is 4.79 Å². The zero-order valence-corrected chi connectivity index (χ0v) is 19.3. The molecular weight excluding hydrogens is 380 g/mol. The Morgan fingerprint density at radius 3 is 2.26 bits per heavy atom. The smallest absolute Gasteiger partial charge is 0.343 e. The summed E-state index contributed by atoms with van der Waals surface area (Å²) in [6.07, 6.45) is 17.1. The monoisotopic (exact) mass is 418 g/mol. The first-order chi connectivity index (χ1) is 15.2. The van der Waals surface area contributed by atoms with Crippen LogP contribution in [0.3, 0.4) is 0 Å². The lowest BCUT2D eigenvalue weighted by molar-refractivity contribution is 0.0734. The fourth-order valence-corrected chi connectivity index (χ4v) is 4.63. The summed E-state index contributed by atoms with van der Waals surface area (Å²) in [5.41, 5.74) is 3.11. The number of hydrogen-bond acceptors (Lipinski definition) is 2. The van der Waals surface area contributed by atoms with Crippen LogP contribution in [0.2, 0.25) is 0 Å². The molecular formula is C29H38O2. The Kier molecular flexibility index (Phi) is 9.39. The van der Waals surface area contributed by atoms with Gasteiger partial charge in [-0.15, -0.1) is 0 Å². The molecule has 31 heavy (non-hydrogen) atoms. The van der Waals surface area contributed by atoms with E-state index in [-0.39, 0.29) is 5.97 Å². The van der Waals surface area contributed by atoms with Gasteiger partial charge in [0, 0.05) is 0 Å². The van der Waals surface area contributed by atoms with Crippen LogP contribution in [0.1, 0.15) is 105 Å². The molecule has 1 fully saturated rings. The minimum absolute atomic E-state index is 0.291. The highest BCUT2D eigenvalue weighted by Gasteiger charge is 2.22. The Balaban J connectivity index is 1.49. The second kappa shape index (κ2) is 12.5. The normalized spacial score (nSPS) is 18.9. The van der Waals surface area contributed by atoms with E-state index in [0.717, 1.165) is 17.9 Å². The van der Waals surface area contributed by atoms with E-state index in [2.05, 4.69) is 38.1 Å². The molecule has 0 saturated heterocycles. The van der Waals surface area contributed by atoms with Crippen LogP contribution in [-0.2, 0) is 0 Å². The number of benzene rings is 2. The van der Waals surface area contributed by atoms with Gasteiger partial charge < -0.3 is 4.74 Å². The minimum Gasteiger partial charge on any atom is -0.423 e. The fraction of sp³-hybridized carbons (Fsp3) is 0.483. The molecule has 0 spiro atoms. The van der Waals surface area contributed by atoms with Crippen LogP contribution in [0.4, 0.5) is 0 Å². The van der Waals surface area contributed by atoms with Gasteiger partial charge in [-0.2, -0.15) is 0 Å². The highest BCUT2D eigenvalue weighted by Crippen LogP contribution is 2.37. The van der Waals surface area contributed by atoms with E-state index >= 15 is 0 Å². The molecule has 0 unspecified atom stereocenters. The number of rotatable bonds is 10. The molecule has 166 valence electrons. The van der Waals surface area contributed by atoms with Gasteiger partial charge in [-0.3, -0.25) is 0 Å². The Labute approximate surface area is 188 Å². The van der Waals surface area contributed by atoms with Gasteiger partial charge in [0.25, 0.3) is 0 Å². The Morgan fingerprint density at radius 2 is 1.61 bits per heavy atom. The maximum absolute atomic E-state index is 12.5. The van der Waals surface area contributed by atoms with Crippen LogP contribution >= 0.6 is 0 Å². The zero-order valence-electron chi connectivity index (χ0n) is 19.3. The largest absolute Gasteiger partial charge is 0.423 e. The van der Waals surface area contributed by atoms with Crippen molar-refractivity contribution in [3.63, 3.8) is 0 Å². The summed E-state index contributed by atoms with van der Waals surface area (Å²) in [4.78, 5) is 12.5. The highest BCUT2D eigenvalue weighted by molar-refractivity contribution is 5.91. The number of hydrogen-bond donors (Lipinski definition) is 0. The molecule has 0 amide bonds. The first-order valence-electron chi connectivity index (χ1n) is 12.3. The predicted octanol–water partition coefficient (Wildman–Crippen LogP) is 8.57. The molecule has 2 nitrogen and oxygen atoms in total. The van der Waals surface area contributed by atoms with E-state index in [4.69, 9.17) is 4.74 Å². The minimum atomic E-state index is -0.291.